The molecule has 1 aromatic heterocycles. The molecule has 3 rings (SSSR count). The number of thioether (sulfide) groups is 1. The Kier molecular flexibility index (Phi) is 2.28. The second-order valence-electron chi connectivity index (χ2n) is 3.96. The van der Waals surface area contributed by atoms with E-state index in [-0.39, 0.29) is 0 Å². The molecular weight excluding hydrogens is 218 g/mol. The SMILES string of the molecule is COc1cccc2c3c(c(C)nc12)CCS3. The lowest BCUT2D eigenvalue weighted by molar-refractivity contribution is 0.418. The van der Waals surface area contributed by atoms with E-state index in [4.69, 9.17) is 4.74 Å². The summed E-state index contributed by atoms with van der Waals surface area (Å²) in [5.41, 5.74) is 3.57. The fourth-order valence-electron chi connectivity index (χ4n) is 2.26. The molecule has 0 aliphatic carbocycles. The predicted octanol–water partition coefficient (Wildman–Crippen LogP) is 3.20. The summed E-state index contributed by atoms with van der Waals surface area (Å²) in [7, 11) is 1.70. The lowest BCUT2D eigenvalue weighted by atomic mass is 10.1. The minimum absolute atomic E-state index is 0.871. The van der Waals surface area contributed by atoms with Gasteiger partial charge in [0.05, 0.1) is 7.11 Å². The van der Waals surface area contributed by atoms with Gasteiger partial charge in [0.1, 0.15) is 11.3 Å². The fraction of sp³-hybridized carbons (Fsp3) is 0.308. The second-order valence-corrected chi connectivity index (χ2v) is 5.06. The van der Waals surface area contributed by atoms with E-state index in [1.165, 1.54) is 21.6 Å². The highest BCUT2D eigenvalue weighted by molar-refractivity contribution is 7.99. The van der Waals surface area contributed by atoms with Crippen molar-refractivity contribution in [1.29, 1.82) is 0 Å². The number of fused-ring (bicyclic) bond motifs is 3. The monoisotopic (exact) mass is 231 g/mol. The van der Waals surface area contributed by atoms with Gasteiger partial charge in [-0.3, -0.25) is 0 Å². The van der Waals surface area contributed by atoms with Crippen LogP contribution in [0.5, 0.6) is 5.75 Å². The summed E-state index contributed by atoms with van der Waals surface area (Å²) in [6, 6.07) is 6.15. The van der Waals surface area contributed by atoms with Crippen LogP contribution in [0.3, 0.4) is 0 Å². The first-order valence-electron chi connectivity index (χ1n) is 5.40. The largest absolute Gasteiger partial charge is 0.494 e. The van der Waals surface area contributed by atoms with Crippen LogP contribution in [0.4, 0.5) is 0 Å². The van der Waals surface area contributed by atoms with Gasteiger partial charge in [-0.15, -0.1) is 11.8 Å². The molecule has 82 valence electrons. The number of nitrogens with zero attached hydrogens (tertiary/aromatic N) is 1. The van der Waals surface area contributed by atoms with E-state index in [1.807, 2.05) is 23.9 Å². The summed E-state index contributed by atoms with van der Waals surface area (Å²) in [5, 5.41) is 1.24. The van der Waals surface area contributed by atoms with Gasteiger partial charge in [-0.2, -0.15) is 0 Å². The fourth-order valence-corrected chi connectivity index (χ4v) is 3.52. The Bertz CT molecular complexity index is 565. The molecule has 2 nitrogen and oxygen atoms in total. The number of rotatable bonds is 1. The highest BCUT2D eigenvalue weighted by Crippen LogP contribution is 2.40. The van der Waals surface area contributed by atoms with Crippen molar-refractivity contribution in [1.82, 2.24) is 4.98 Å². The summed E-state index contributed by atoms with van der Waals surface area (Å²) < 4.78 is 5.37. The normalized spacial score (nSPS) is 14.1. The number of aromatic nitrogens is 1. The molecule has 1 aromatic carbocycles. The number of hydrogen-bond donors (Lipinski definition) is 0. The van der Waals surface area contributed by atoms with Gasteiger partial charge in [-0.05, 0) is 25.0 Å². The lowest BCUT2D eigenvalue weighted by Crippen LogP contribution is -1.95. The first-order chi connectivity index (χ1) is 7.81. The molecule has 0 amide bonds. The Morgan fingerprint density at radius 3 is 3.06 bits per heavy atom. The smallest absolute Gasteiger partial charge is 0.145 e. The van der Waals surface area contributed by atoms with Gasteiger partial charge in [-0.25, -0.2) is 4.98 Å². The van der Waals surface area contributed by atoms with Gasteiger partial charge < -0.3 is 4.74 Å². The molecule has 0 N–H and O–H groups in total. The van der Waals surface area contributed by atoms with Gasteiger partial charge in [0.15, 0.2) is 0 Å². The van der Waals surface area contributed by atoms with E-state index in [9.17, 15) is 0 Å². The van der Waals surface area contributed by atoms with Crippen LogP contribution in [0.15, 0.2) is 23.1 Å². The van der Waals surface area contributed by atoms with Crippen LogP contribution in [0, 0.1) is 6.92 Å². The molecule has 1 aliphatic heterocycles. The maximum atomic E-state index is 5.37. The van der Waals surface area contributed by atoms with Gasteiger partial charge in [-0.1, -0.05) is 12.1 Å². The minimum atomic E-state index is 0.871. The third-order valence-corrected chi connectivity index (χ3v) is 4.22. The van der Waals surface area contributed by atoms with E-state index in [0.717, 1.165) is 23.4 Å². The number of pyridine rings is 1. The van der Waals surface area contributed by atoms with Crippen LogP contribution in [0.1, 0.15) is 11.3 Å². The highest BCUT2D eigenvalue weighted by atomic mass is 32.2. The molecule has 2 heterocycles. The molecule has 0 unspecified atom stereocenters. The van der Waals surface area contributed by atoms with E-state index in [2.05, 4.69) is 18.0 Å². The first kappa shape index (κ1) is 9.97. The number of para-hydroxylation sites is 1. The van der Waals surface area contributed by atoms with Crippen LogP contribution in [0.25, 0.3) is 10.9 Å². The van der Waals surface area contributed by atoms with Crippen molar-refractivity contribution < 1.29 is 4.74 Å². The molecule has 16 heavy (non-hydrogen) atoms. The Labute approximate surface area is 99.0 Å². The Hall–Kier alpha value is -1.22. The zero-order valence-corrected chi connectivity index (χ0v) is 10.2. The molecule has 2 aromatic rings. The Balaban J connectivity index is 2.42. The van der Waals surface area contributed by atoms with Crippen molar-refractivity contribution in [3.8, 4) is 5.75 Å². The van der Waals surface area contributed by atoms with Crippen LogP contribution in [-0.4, -0.2) is 17.8 Å². The molecule has 1 aliphatic rings. The molecule has 0 saturated carbocycles. The average molecular weight is 231 g/mol. The number of ether oxygens (including phenoxy) is 1. The Morgan fingerprint density at radius 1 is 1.38 bits per heavy atom. The topological polar surface area (TPSA) is 22.1 Å². The van der Waals surface area contributed by atoms with Crippen molar-refractivity contribution in [2.24, 2.45) is 0 Å². The average Bonchev–Trinajstić information content (AvgIpc) is 2.78. The van der Waals surface area contributed by atoms with Crippen molar-refractivity contribution in [3.63, 3.8) is 0 Å². The molecule has 0 saturated heterocycles. The maximum Gasteiger partial charge on any atom is 0.145 e. The molecular formula is C13H13NOS. The van der Waals surface area contributed by atoms with Crippen LogP contribution in [0.2, 0.25) is 0 Å². The summed E-state index contributed by atoms with van der Waals surface area (Å²) in [5.74, 6) is 2.05. The second kappa shape index (κ2) is 3.67. The molecule has 0 radical (unpaired) electrons. The zero-order valence-electron chi connectivity index (χ0n) is 9.41. The van der Waals surface area contributed by atoms with Crippen LogP contribution >= 0.6 is 11.8 Å². The van der Waals surface area contributed by atoms with Crippen LogP contribution < -0.4 is 4.74 Å². The van der Waals surface area contributed by atoms with Gasteiger partial charge >= 0.3 is 0 Å². The summed E-state index contributed by atoms with van der Waals surface area (Å²) in [6.45, 7) is 2.09. The van der Waals surface area contributed by atoms with E-state index in [1.54, 1.807) is 7.11 Å². The number of benzene rings is 1. The van der Waals surface area contributed by atoms with Crippen LogP contribution in [-0.2, 0) is 6.42 Å². The Morgan fingerprint density at radius 2 is 2.25 bits per heavy atom. The number of methoxy groups -OCH3 is 1. The van der Waals surface area contributed by atoms with E-state index >= 15 is 0 Å². The molecule has 0 fully saturated rings. The first-order valence-corrected chi connectivity index (χ1v) is 6.39. The maximum absolute atomic E-state index is 5.37. The molecule has 0 bridgehead atoms. The predicted molar refractivity (Wildman–Crippen MR) is 67.5 cm³/mol. The zero-order chi connectivity index (χ0) is 11.1. The third-order valence-electron chi connectivity index (χ3n) is 3.05. The minimum Gasteiger partial charge on any atom is -0.494 e. The summed E-state index contributed by atoms with van der Waals surface area (Å²) in [4.78, 5) is 6.08. The molecule has 3 heteroatoms. The standard InChI is InChI=1S/C13H13NOS/c1-8-9-6-7-16-13(9)10-4-3-5-11(15-2)12(10)14-8/h3-5H,6-7H2,1-2H3. The third kappa shape index (κ3) is 1.31. The van der Waals surface area contributed by atoms with Crippen molar-refractivity contribution in [2.45, 2.75) is 18.2 Å². The van der Waals surface area contributed by atoms with Gasteiger partial charge in [0.2, 0.25) is 0 Å². The molecule has 0 spiro atoms. The lowest BCUT2D eigenvalue weighted by Gasteiger charge is -2.10. The van der Waals surface area contributed by atoms with Gasteiger partial charge in [0.25, 0.3) is 0 Å². The van der Waals surface area contributed by atoms with E-state index < -0.39 is 0 Å². The van der Waals surface area contributed by atoms with Crippen molar-refractivity contribution in [3.05, 3.63) is 29.5 Å². The summed E-state index contributed by atoms with van der Waals surface area (Å²) in [6.07, 6.45) is 1.14. The van der Waals surface area contributed by atoms with Crippen molar-refractivity contribution in [2.75, 3.05) is 12.9 Å². The van der Waals surface area contributed by atoms with E-state index in [0.29, 0.717) is 0 Å². The van der Waals surface area contributed by atoms with Gasteiger partial charge in [0, 0.05) is 21.7 Å². The highest BCUT2D eigenvalue weighted by Gasteiger charge is 2.19. The number of aryl methyl sites for hydroxylation is 1. The van der Waals surface area contributed by atoms with Crippen molar-refractivity contribution >= 4 is 22.7 Å². The molecule has 0 atom stereocenters. The number of hydrogen-bond acceptors (Lipinski definition) is 3. The summed E-state index contributed by atoms with van der Waals surface area (Å²) >= 11 is 1.94. The quantitative estimate of drug-likeness (QED) is 0.752.